The molecule has 0 radical (unpaired) electrons. The van der Waals surface area contributed by atoms with Crippen molar-refractivity contribution in [1.82, 2.24) is 19.6 Å². The number of aryl methyl sites for hydroxylation is 2. The Bertz CT molecular complexity index is 578. The Morgan fingerprint density at radius 1 is 1.40 bits per heavy atom. The summed E-state index contributed by atoms with van der Waals surface area (Å²) in [6, 6.07) is 1.69. The molecule has 1 N–H and O–H groups in total. The number of aliphatic hydroxyl groups is 1. The van der Waals surface area contributed by atoms with Crippen molar-refractivity contribution >= 4 is 5.91 Å². The lowest BCUT2D eigenvalue weighted by atomic mass is 9.88. The summed E-state index contributed by atoms with van der Waals surface area (Å²) < 4.78 is 7.16. The average Bonchev–Trinajstić information content (AvgIpc) is 3.15. The number of aliphatic hydroxyl groups excluding tert-OH is 1. The van der Waals surface area contributed by atoms with Gasteiger partial charge in [0.15, 0.2) is 5.69 Å². The molecule has 0 saturated carbocycles. The van der Waals surface area contributed by atoms with E-state index >= 15 is 0 Å². The molecule has 2 aliphatic rings. The molecule has 25 heavy (non-hydrogen) atoms. The van der Waals surface area contributed by atoms with Crippen molar-refractivity contribution in [1.29, 1.82) is 0 Å². The predicted molar refractivity (Wildman–Crippen MR) is 94.4 cm³/mol. The molecule has 2 aliphatic heterocycles. The normalized spacial score (nSPS) is 27.8. The number of carbonyl (C=O) groups is 1. The molecule has 140 valence electrons. The number of ether oxygens (including phenoxy) is 1. The van der Waals surface area contributed by atoms with Crippen LogP contribution in [0.1, 0.15) is 29.5 Å². The predicted octanol–water partition coefficient (Wildman–Crippen LogP) is 0.520. The molecule has 2 fully saturated rings. The van der Waals surface area contributed by atoms with E-state index in [0.717, 1.165) is 45.0 Å². The zero-order valence-electron chi connectivity index (χ0n) is 15.5. The summed E-state index contributed by atoms with van der Waals surface area (Å²) in [5, 5.41) is 14.4. The first-order valence-electron chi connectivity index (χ1n) is 9.27. The van der Waals surface area contributed by atoms with Gasteiger partial charge in [0.05, 0.1) is 25.9 Å². The maximum absolute atomic E-state index is 13.0. The van der Waals surface area contributed by atoms with Crippen LogP contribution in [0, 0.1) is 18.8 Å². The summed E-state index contributed by atoms with van der Waals surface area (Å²) in [6.07, 6.45) is 1.01. The highest BCUT2D eigenvalue weighted by atomic mass is 16.5. The fourth-order valence-corrected chi connectivity index (χ4v) is 4.13. The second kappa shape index (κ2) is 7.85. The third kappa shape index (κ3) is 3.73. The van der Waals surface area contributed by atoms with Crippen LogP contribution in [0.25, 0.3) is 0 Å². The second-order valence-corrected chi connectivity index (χ2v) is 7.25. The van der Waals surface area contributed by atoms with Gasteiger partial charge in [0.25, 0.3) is 5.91 Å². The number of aromatic nitrogens is 2. The van der Waals surface area contributed by atoms with E-state index < -0.39 is 0 Å². The molecular weight excluding hydrogens is 320 g/mol. The molecule has 0 spiro atoms. The Morgan fingerprint density at radius 2 is 2.12 bits per heavy atom. The van der Waals surface area contributed by atoms with Crippen LogP contribution in [0.5, 0.6) is 0 Å². The van der Waals surface area contributed by atoms with Crippen molar-refractivity contribution in [3.63, 3.8) is 0 Å². The van der Waals surface area contributed by atoms with Crippen LogP contribution in [0.15, 0.2) is 6.07 Å². The van der Waals surface area contributed by atoms with Gasteiger partial charge in [-0.15, -0.1) is 0 Å². The van der Waals surface area contributed by atoms with Crippen LogP contribution in [-0.2, 0) is 11.8 Å². The van der Waals surface area contributed by atoms with Crippen molar-refractivity contribution < 1.29 is 14.6 Å². The van der Waals surface area contributed by atoms with Crippen LogP contribution < -0.4 is 0 Å². The number of morpholine rings is 1. The third-order valence-electron chi connectivity index (χ3n) is 5.81. The highest BCUT2D eigenvalue weighted by Crippen LogP contribution is 2.34. The highest BCUT2D eigenvalue weighted by Gasteiger charge is 2.44. The first-order chi connectivity index (χ1) is 12.0. The molecule has 0 aliphatic carbocycles. The molecule has 2 saturated heterocycles. The summed E-state index contributed by atoms with van der Waals surface area (Å²) in [6.45, 7) is 9.12. The fraction of sp³-hybridized carbons (Fsp3) is 0.778. The van der Waals surface area contributed by atoms with Gasteiger partial charge in [0.1, 0.15) is 0 Å². The number of hydrogen-bond donors (Lipinski definition) is 1. The molecule has 1 aromatic heterocycles. The van der Waals surface area contributed by atoms with Crippen molar-refractivity contribution in [2.45, 2.75) is 26.3 Å². The first kappa shape index (κ1) is 18.4. The van der Waals surface area contributed by atoms with Gasteiger partial charge in [-0.3, -0.25) is 14.4 Å². The molecule has 7 heteroatoms. The Labute approximate surface area is 149 Å². The Balaban J connectivity index is 1.76. The quantitative estimate of drug-likeness (QED) is 0.838. The Hall–Kier alpha value is -1.44. The number of carbonyl (C=O) groups excluding carboxylic acids is 1. The van der Waals surface area contributed by atoms with E-state index in [2.05, 4.69) is 16.9 Å². The maximum Gasteiger partial charge on any atom is 0.274 e. The van der Waals surface area contributed by atoms with E-state index in [4.69, 9.17) is 4.74 Å². The van der Waals surface area contributed by atoms with Crippen LogP contribution in [0.3, 0.4) is 0 Å². The van der Waals surface area contributed by atoms with Gasteiger partial charge in [-0.2, -0.15) is 5.10 Å². The van der Waals surface area contributed by atoms with Crippen molar-refractivity contribution in [2.75, 3.05) is 46.0 Å². The van der Waals surface area contributed by atoms with Gasteiger partial charge in [-0.05, 0) is 24.8 Å². The second-order valence-electron chi connectivity index (χ2n) is 7.25. The van der Waals surface area contributed by atoms with Gasteiger partial charge < -0.3 is 14.7 Å². The lowest BCUT2D eigenvalue weighted by Crippen LogP contribution is -2.46. The number of nitrogens with zero attached hydrogens (tertiary/aromatic N) is 4. The van der Waals surface area contributed by atoms with Crippen molar-refractivity contribution in [3.8, 4) is 0 Å². The minimum absolute atomic E-state index is 0.00304. The van der Waals surface area contributed by atoms with Crippen LogP contribution >= 0.6 is 0 Å². The molecule has 0 bridgehead atoms. The molecule has 3 atom stereocenters. The molecule has 0 aromatic carbocycles. The van der Waals surface area contributed by atoms with E-state index in [1.165, 1.54) is 0 Å². The summed E-state index contributed by atoms with van der Waals surface area (Å²) in [4.78, 5) is 17.2. The summed E-state index contributed by atoms with van der Waals surface area (Å²) in [5.74, 6) is 0.640. The average molecular weight is 350 g/mol. The van der Waals surface area contributed by atoms with Gasteiger partial charge in [-0.1, -0.05) is 13.3 Å². The summed E-state index contributed by atoms with van der Waals surface area (Å²) in [7, 11) is 1.84. The highest BCUT2D eigenvalue weighted by molar-refractivity contribution is 5.93. The molecule has 0 unspecified atom stereocenters. The van der Waals surface area contributed by atoms with E-state index in [1.54, 1.807) is 4.68 Å². The third-order valence-corrected chi connectivity index (χ3v) is 5.81. The zero-order valence-corrected chi connectivity index (χ0v) is 15.5. The van der Waals surface area contributed by atoms with Gasteiger partial charge in [0, 0.05) is 38.9 Å². The number of hydrogen-bond acceptors (Lipinski definition) is 5. The van der Waals surface area contributed by atoms with E-state index in [0.29, 0.717) is 24.1 Å². The van der Waals surface area contributed by atoms with Gasteiger partial charge >= 0.3 is 0 Å². The number of rotatable bonds is 5. The summed E-state index contributed by atoms with van der Waals surface area (Å²) >= 11 is 0. The molecule has 3 heterocycles. The van der Waals surface area contributed by atoms with Crippen molar-refractivity contribution in [3.05, 3.63) is 17.5 Å². The molecule has 1 aromatic rings. The van der Waals surface area contributed by atoms with Gasteiger partial charge in [0.2, 0.25) is 0 Å². The van der Waals surface area contributed by atoms with Crippen LogP contribution in [-0.4, -0.2) is 82.6 Å². The number of amides is 1. The molecular formula is C18H30N4O3. The van der Waals surface area contributed by atoms with E-state index in [1.807, 2.05) is 24.9 Å². The van der Waals surface area contributed by atoms with Gasteiger partial charge in [-0.25, -0.2) is 0 Å². The minimum Gasteiger partial charge on any atom is -0.394 e. The first-order valence-corrected chi connectivity index (χ1v) is 9.27. The Kier molecular flexibility index (Phi) is 5.76. The van der Waals surface area contributed by atoms with Crippen LogP contribution in [0.4, 0.5) is 0 Å². The zero-order chi connectivity index (χ0) is 18.0. The fourth-order valence-electron chi connectivity index (χ4n) is 4.13. The SMILES string of the molecule is CC[C@@H]1CN(C(=O)c2cc(C)n(C)n2)[C@H](CO)[C@@H]1CN1CCOCC1. The molecule has 1 amide bonds. The van der Waals surface area contributed by atoms with Crippen molar-refractivity contribution in [2.24, 2.45) is 18.9 Å². The summed E-state index contributed by atoms with van der Waals surface area (Å²) in [5.41, 5.74) is 1.43. The minimum atomic E-state index is -0.136. The molecule has 3 rings (SSSR count). The monoisotopic (exact) mass is 350 g/mol. The smallest absolute Gasteiger partial charge is 0.274 e. The van der Waals surface area contributed by atoms with Crippen LogP contribution in [0.2, 0.25) is 0 Å². The maximum atomic E-state index is 13.0. The largest absolute Gasteiger partial charge is 0.394 e. The number of likely N-dealkylation sites (tertiary alicyclic amines) is 1. The topological polar surface area (TPSA) is 70.8 Å². The lowest BCUT2D eigenvalue weighted by molar-refractivity contribution is 0.0205. The van der Waals surface area contributed by atoms with E-state index in [9.17, 15) is 9.90 Å². The Morgan fingerprint density at radius 3 is 2.68 bits per heavy atom. The molecule has 7 nitrogen and oxygen atoms in total. The lowest BCUT2D eigenvalue weighted by Gasteiger charge is -2.33. The standard InChI is InChI=1S/C18H30N4O3/c1-4-14-10-22(18(24)16-9-13(2)20(3)19-16)17(12-23)15(14)11-21-5-7-25-8-6-21/h9,14-15,17,23H,4-8,10-12H2,1-3H3/t14-,15-,17-/m1/s1. The van der Waals surface area contributed by atoms with E-state index in [-0.39, 0.29) is 18.6 Å².